The van der Waals surface area contributed by atoms with E-state index in [1.54, 1.807) is 6.08 Å². The Hall–Kier alpha value is -2.38. The van der Waals surface area contributed by atoms with Gasteiger partial charge in [0.15, 0.2) is 12.4 Å². The maximum absolute atomic E-state index is 13.4. The lowest BCUT2D eigenvalue weighted by atomic mass is 9.99. The standard InChI is InChI=1S/C65H119NO10/c1-4-7-10-13-16-19-22-25-26-27-28-29-30-31-32-35-38-41-44-47-50-53-60(70)76-63-62(72)61(71)59(54-67)75-65(63)74-55-56(57(68)51-48-45-42-39-36-33-23-20-17-14-11-8-5-2)66-64(73)58(69)52-49-46-43-40-37-34-24-21-18-15-12-9-6-3/h9,12,18,21,25-26,48,51,56-59,61-63,65,67-69,71-72H,4-8,10-11,13-17,19-20,22-24,27-47,49-50,52-55H2,1-3H3,(H,66,73)/b12-9+,21-18+,26-25+,51-48+. The van der Waals surface area contributed by atoms with Gasteiger partial charge in [-0.05, 0) is 77.0 Å². The minimum absolute atomic E-state index is 0.123. The van der Waals surface area contributed by atoms with Gasteiger partial charge in [-0.1, -0.05) is 256 Å². The molecule has 8 atom stereocenters. The number of unbranched alkanes of at least 4 members (excludes halogenated alkanes) is 34. The lowest BCUT2D eigenvalue weighted by molar-refractivity contribution is -0.305. The first-order valence-electron chi connectivity index (χ1n) is 31.9. The third-order valence-corrected chi connectivity index (χ3v) is 15.0. The summed E-state index contributed by atoms with van der Waals surface area (Å²) in [5, 5.41) is 57.0. The van der Waals surface area contributed by atoms with E-state index in [0.29, 0.717) is 12.8 Å². The molecule has 11 heteroatoms. The molecule has 0 aromatic carbocycles. The number of carbonyl (C=O) groups excluding carboxylic acids is 2. The van der Waals surface area contributed by atoms with Crippen LogP contribution in [0.5, 0.6) is 0 Å². The smallest absolute Gasteiger partial charge is 0.306 e. The minimum atomic E-state index is -1.61. The molecule has 11 nitrogen and oxygen atoms in total. The number of aliphatic hydroxyl groups excluding tert-OH is 5. The predicted molar refractivity (Wildman–Crippen MR) is 315 cm³/mol. The Morgan fingerprint density at radius 3 is 1.42 bits per heavy atom. The molecule has 0 radical (unpaired) electrons. The van der Waals surface area contributed by atoms with Crippen molar-refractivity contribution in [2.45, 2.75) is 339 Å². The van der Waals surface area contributed by atoms with Crippen LogP contribution in [0.25, 0.3) is 0 Å². The molecule has 0 aromatic heterocycles. The van der Waals surface area contributed by atoms with Crippen LogP contribution < -0.4 is 5.32 Å². The number of hydrogen-bond acceptors (Lipinski definition) is 10. The largest absolute Gasteiger partial charge is 0.454 e. The van der Waals surface area contributed by atoms with E-state index in [2.05, 4.69) is 62.5 Å². The van der Waals surface area contributed by atoms with Crippen LogP contribution in [0.3, 0.4) is 0 Å². The number of carbonyl (C=O) groups is 2. The summed E-state index contributed by atoms with van der Waals surface area (Å²) in [5.41, 5.74) is 0. The maximum Gasteiger partial charge on any atom is 0.306 e. The number of aliphatic hydroxyl groups is 5. The Labute approximate surface area is 466 Å². The Kier molecular flexibility index (Phi) is 50.2. The highest BCUT2D eigenvalue weighted by molar-refractivity contribution is 5.80. The van der Waals surface area contributed by atoms with E-state index in [9.17, 15) is 35.1 Å². The first-order valence-corrected chi connectivity index (χ1v) is 31.9. The van der Waals surface area contributed by atoms with Crippen LogP contribution in [0.1, 0.15) is 290 Å². The fourth-order valence-corrected chi connectivity index (χ4v) is 9.92. The van der Waals surface area contributed by atoms with Crippen LogP contribution in [-0.2, 0) is 23.8 Å². The van der Waals surface area contributed by atoms with E-state index < -0.39 is 67.4 Å². The number of nitrogens with one attached hydrogen (secondary N) is 1. The van der Waals surface area contributed by atoms with E-state index in [0.717, 1.165) is 89.9 Å². The summed E-state index contributed by atoms with van der Waals surface area (Å²) in [6, 6.07) is -1.03. The van der Waals surface area contributed by atoms with Gasteiger partial charge in [-0.15, -0.1) is 0 Å². The molecule has 1 aliphatic rings. The zero-order valence-electron chi connectivity index (χ0n) is 49.1. The van der Waals surface area contributed by atoms with Gasteiger partial charge in [0.05, 0.1) is 25.4 Å². The van der Waals surface area contributed by atoms with Gasteiger partial charge in [0, 0.05) is 6.42 Å². The van der Waals surface area contributed by atoms with Crippen LogP contribution in [0, 0.1) is 0 Å². The molecule has 0 aromatic rings. The molecule has 0 saturated carbocycles. The fraction of sp³-hybridized carbons (Fsp3) is 0.846. The molecule has 1 rings (SSSR count). The molecule has 1 saturated heterocycles. The van der Waals surface area contributed by atoms with Crippen LogP contribution in [0.4, 0.5) is 0 Å². The molecular formula is C65H119NO10. The SMILES string of the molecule is CC/C=C/C/C=C/CCCCCCCCC(O)C(=O)NC(COC1OC(CO)C(O)C(O)C1OC(=O)CCCCCCCCCCCCC/C=C/CCCCCCCC)C(O)/C=C/CCCCCCCCCCCCC. The summed E-state index contributed by atoms with van der Waals surface area (Å²) in [5.74, 6) is -1.20. The topological polar surface area (TPSA) is 175 Å². The van der Waals surface area contributed by atoms with E-state index in [-0.39, 0.29) is 19.4 Å². The summed E-state index contributed by atoms with van der Waals surface area (Å²) >= 11 is 0. The number of esters is 1. The highest BCUT2D eigenvalue weighted by Crippen LogP contribution is 2.26. The summed E-state index contributed by atoms with van der Waals surface area (Å²) in [6.07, 6.45) is 54.4. The number of rotatable bonds is 54. The highest BCUT2D eigenvalue weighted by Gasteiger charge is 2.47. The van der Waals surface area contributed by atoms with Crippen molar-refractivity contribution in [2.24, 2.45) is 0 Å². The van der Waals surface area contributed by atoms with E-state index in [1.807, 2.05) is 6.08 Å². The molecule has 0 spiro atoms. The lowest BCUT2D eigenvalue weighted by Gasteiger charge is -2.41. The van der Waals surface area contributed by atoms with Crippen LogP contribution in [-0.4, -0.2) is 99.6 Å². The molecule has 444 valence electrons. The van der Waals surface area contributed by atoms with Gasteiger partial charge in [-0.2, -0.15) is 0 Å². The first kappa shape index (κ1) is 71.6. The average Bonchev–Trinajstić information content (AvgIpc) is 3.42. The van der Waals surface area contributed by atoms with E-state index in [1.165, 1.54) is 154 Å². The van der Waals surface area contributed by atoms with Gasteiger partial charge >= 0.3 is 5.97 Å². The van der Waals surface area contributed by atoms with Gasteiger partial charge in [0.1, 0.15) is 24.4 Å². The molecule has 1 amide bonds. The zero-order chi connectivity index (χ0) is 55.4. The maximum atomic E-state index is 13.4. The van der Waals surface area contributed by atoms with E-state index >= 15 is 0 Å². The number of allylic oxidation sites excluding steroid dienone is 7. The summed E-state index contributed by atoms with van der Waals surface area (Å²) in [6.45, 7) is 5.69. The van der Waals surface area contributed by atoms with Crippen molar-refractivity contribution in [3.8, 4) is 0 Å². The molecule has 0 aliphatic carbocycles. The van der Waals surface area contributed by atoms with Gasteiger partial charge in [0.2, 0.25) is 5.91 Å². The monoisotopic (exact) mass is 1070 g/mol. The molecule has 6 N–H and O–H groups in total. The summed E-state index contributed by atoms with van der Waals surface area (Å²) in [7, 11) is 0. The Morgan fingerprint density at radius 1 is 0.526 bits per heavy atom. The van der Waals surface area contributed by atoms with Crippen molar-refractivity contribution >= 4 is 11.9 Å². The molecular weight excluding hydrogens is 955 g/mol. The van der Waals surface area contributed by atoms with Crippen molar-refractivity contribution in [3.05, 3.63) is 48.6 Å². The molecule has 8 unspecified atom stereocenters. The number of ether oxygens (including phenoxy) is 3. The second-order valence-electron chi connectivity index (χ2n) is 22.1. The van der Waals surface area contributed by atoms with Crippen molar-refractivity contribution in [2.75, 3.05) is 13.2 Å². The molecule has 0 bridgehead atoms. The van der Waals surface area contributed by atoms with Crippen LogP contribution in [0.15, 0.2) is 48.6 Å². The number of hydrogen-bond donors (Lipinski definition) is 6. The summed E-state index contributed by atoms with van der Waals surface area (Å²) < 4.78 is 17.6. The van der Waals surface area contributed by atoms with Crippen molar-refractivity contribution in [3.63, 3.8) is 0 Å². The second-order valence-corrected chi connectivity index (χ2v) is 22.1. The van der Waals surface area contributed by atoms with E-state index in [4.69, 9.17) is 14.2 Å². The van der Waals surface area contributed by atoms with Gasteiger partial charge < -0.3 is 45.1 Å². The molecule has 1 fully saturated rings. The summed E-state index contributed by atoms with van der Waals surface area (Å²) in [4.78, 5) is 26.5. The second kappa shape index (κ2) is 53.3. The van der Waals surface area contributed by atoms with Crippen molar-refractivity contribution < 1.29 is 49.3 Å². The van der Waals surface area contributed by atoms with Crippen LogP contribution in [0.2, 0.25) is 0 Å². The van der Waals surface area contributed by atoms with Gasteiger partial charge in [-0.25, -0.2) is 0 Å². The van der Waals surface area contributed by atoms with Crippen molar-refractivity contribution in [1.82, 2.24) is 5.32 Å². The zero-order valence-corrected chi connectivity index (χ0v) is 49.1. The fourth-order valence-electron chi connectivity index (χ4n) is 9.92. The lowest BCUT2D eigenvalue weighted by Crippen LogP contribution is -2.61. The average molecular weight is 1070 g/mol. The van der Waals surface area contributed by atoms with Gasteiger partial charge in [0.25, 0.3) is 0 Å². The third-order valence-electron chi connectivity index (χ3n) is 15.0. The Morgan fingerprint density at radius 2 is 0.947 bits per heavy atom. The van der Waals surface area contributed by atoms with Crippen LogP contribution >= 0.6 is 0 Å². The Bertz CT molecular complexity index is 1420. The normalized spacial score (nSPS) is 19.4. The molecule has 1 aliphatic heterocycles. The molecule has 1 heterocycles. The number of amides is 1. The molecule has 76 heavy (non-hydrogen) atoms. The predicted octanol–water partition coefficient (Wildman–Crippen LogP) is 15.2. The first-order chi connectivity index (χ1) is 37.2. The van der Waals surface area contributed by atoms with Gasteiger partial charge in [-0.3, -0.25) is 9.59 Å². The minimum Gasteiger partial charge on any atom is -0.454 e. The third kappa shape index (κ3) is 40.8. The quantitative estimate of drug-likeness (QED) is 0.0195. The Balaban J connectivity index is 2.64. The van der Waals surface area contributed by atoms with Crippen molar-refractivity contribution in [1.29, 1.82) is 0 Å². The highest BCUT2D eigenvalue weighted by atomic mass is 16.7.